The zero-order valence-corrected chi connectivity index (χ0v) is 10.6. The lowest BCUT2D eigenvalue weighted by atomic mass is 10.1. The largest absolute Gasteiger partial charge is 0.478 e. The first kappa shape index (κ1) is 13.4. The minimum atomic E-state index is -1.12. The van der Waals surface area contributed by atoms with Gasteiger partial charge in [-0.1, -0.05) is 35.9 Å². The molecule has 98 valence electrons. The average molecular weight is 280 g/mol. The summed E-state index contributed by atoms with van der Waals surface area (Å²) < 4.78 is 13.4. The number of benzene rings is 2. The summed E-state index contributed by atoms with van der Waals surface area (Å²) in [6.45, 7) is 0.188. The van der Waals surface area contributed by atoms with Crippen LogP contribution in [0.15, 0.2) is 42.5 Å². The molecule has 0 amide bonds. The molecule has 0 atom stereocenters. The van der Waals surface area contributed by atoms with Gasteiger partial charge in [-0.2, -0.15) is 0 Å². The molecule has 2 N–H and O–H groups in total. The Morgan fingerprint density at radius 1 is 1.21 bits per heavy atom. The van der Waals surface area contributed by atoms with Crippen molar-refractivity contribution in [3.8, 4) is 0 Å². The first-order valence-electron chi connectivity index (χ1n) is 5.58. The molecule has 0 fully saturated rings. The van der Waals surface area contributed by atoms with Gasteiger partial charge >= 0.3 is 5.97 Å². The molecule has 0 unspecified atom stereocenters. The number of carboxylic acid groups (broad SMARTS) is 1. The molecule has 0 saturated heterocycles. The second kappa shape index (κ2) is 5.71. The third-order valence-corrected chi connectivity index (χ3v) is 2.97. The second-order valence-electron chi connectivity index (χ2n) is 3.91. The van der Waals surface area contributed by atoms with Crippen molar-refractivity contribution in [1.82, 2.24) is 0 Å². The van der Waals surface area contributed by atoms with Gasteiger partial charge in [-0.25, -0.2) is 9.18 Å². The van der Waals surface area contributed by atoms with Crippen molar-refractivity contribution in [2.24, 2.45) is 0 Å². The van der Waals surface area contributed by atoms with Crippen LogP contribution in [0.4, 0.5) is 10.1 Å². The van der Waals surface area contributed by atoms with E-state index in [0.717, 1.165) is 0 Å². The van der Waals surface area contributed by atoms with Crippen LogP contribution < -0.4 is 5.32 Å². The topological polar surface area (TPSA) is 49.3 Å². The van der Waals surface area contributed by atoms with Gasteiger partial charge in [0.15, 0.2) is 0 Å². The zero-order valence-electron chi connectivity index (χ0n) is 9.86. The SMILES string of the molecule is O=C(O)c1c(Cl)cccc1NCc1ccccc1F. The molecule has 0 heterocycles. The van der Waals surface area contributed by atoms with Crippen molar-refractivity contribution in [3.63, 3.8) is 0 Å². The highest BCUT2D eigenvalue weighted by Crippen LogP contribution is 2.25. The van der Waals surface area contributed by atoms with E-state index in [1.54, 1.807) is 30.3 Å². The predicted molar refractivity (Wildman–Crippen MR) is 72.1 cm³/mol. The van der Waals surface area contributed by atoms with Gasteiger partial charge in [-0.3, -0.25) is 0 Å². The molecule has 2 rings (SSSR count). The number of rotatable bonds is 4. The van der Waals surface area contributed by atoms with Crippen LogP contribution in [0.1, 0.15) is 15.9 Å². The summed E-state index contributed by atoms with van der Waals surface area (Å²) in [5.41, 5.74) is 0.808. The van der Waals surface area contributed by atoms with Crippen LogP contribution in [0.2, 0.25) is 5.02 Å². The van der Waals surface area contributed by atoms with E-state index >= 15 is 0 Å². The molecular weight excluding hydrogens is 269 g/mol. The van der Waals surface area contributed by atoms with Gasteiger partial charge < -0.3 is 10.4 Å². The quantitative estimate of drug-likeness (QED) is 0.895. The van der Waals surface area contributed by atoms with Crippen LogP contribution in [-0.4, -0.2) is 11.1 Å². The maximum Gasteiger partial charge on any atom is 0.339 e. The van der Waals surface area contributed by atoms with Crippen molar-refractivity contribution < 1.29 is 14.3 Å². The summed E-state index contributed by atoms with van der Waals surface area (Å²) in [5, 5.41) is 12.1. The van der Waals surface area contributed by atoms with E-state index in [1.807, 2.05) is 0 Å². The van der Waals surface area contributed by atoms with E-state index in [0.29, 0.717) is 11.3 Å². The van der Waals surface area contributed by atoms with Crippen LogP contribution in [0, 0.1) is 5.82 Å². The molecule has 0 spiro atoms. The monoisotopic (exact) mass is 279 g/mol. The number of halogens is 2. The van der Waals surface area contributed by atoms with Crippen LogP contribution in [0.5, 0.6) is 0 Å². The minimum Gasteiger partial charge on any atom is -0.478 e. The van der Waals surface area contributed by atoms with Gasteiger partial charge in [-0.15, -0.1) is 0 Å². The zero-order chi connectivity index (χ0) is 13.8. The number of anilines is 1. The molecule has 2 aromatic carbocycles. The van der Waals surface area contributed by atoms with Gasteiger partial charge in [0.05, 0.1) is 10.7 Å². The molecule has 0 aliphatic heterocycles. The normalized spacial score (nSPS) is 10.2. The standard InChI is InChI=1S/C14H11ClFNO2/c15-10-5-3-7-12(13(10)14(18)19)17-8-9-4-1-2-6-11(9)16/h1-7,17H,8H2,(H,18,19). The number of carbonyl (C=O) groups is 1. The Labute approximate surface area is 114 Å². The second-order valence-corrected chi connectivity index (χ2v) is 4.32. The van der Waals surface area contributed by atoms with Crippen LogP contribution in [0.25, 0.3) is 0 Å². The number of hydrogen-bond donors (Lipinski definition) is 2. The Balaban J connectivity index is 2.23. The van der Waals surface area contributed by atoms with Crippen molar-refractivity contribution >= 4 is 23.3 Å². The van der Waals surface area contributed by atoms with E-state index in [1.165, 1.54) is 12.1 Å². The lowest BCUT2D eigenvalue weighted by molar-refractivity contribution is 0.0698. The van der Waals surface area contributed by atoms with E-state index < -0.39 is 5.97 Å². The summed E-state index contributed by atoms with van der Waals surface area (Å²) in [6, 6.07) is 11.0. The first-order chi connectivity index (χ1) is 9.09. The fourth-order valence-corrected chi connectivity index (χ4v) is 1.98. The third-order valence-electron chi connectivity index (χ3n) is 2.65. The molecular formula is C14H11ClFNO2. The maximum absolute atomic E-state index is 13.4. The van der Waals surface area contributed by atoms with Crippen LogP contribution in [-0.2, 0) is 6.54 Å². The Bertz CT molecular complexity index is 616. The van der Waals surface area contributed by atoms with Gasteiger partial charge in [0, 0.05) is 12.1 Å². The molecule has 0 bridgehead atoms. The fourth-order valence-electron chi connectivity index (χ4n) is 1.72. The van der Waals surface area contributed by atoms with E-state index in [9.17, 15) is 9.18 Å². The maximum atomic E-state index is 13.4. The van der Waals surface area contributed by atoms with Gasteiger partial charge in [0.2, 0.25) is 0 Å². The summed E-state index contributed by atoms with van der Waals surface area (Å²) in [6.07, 6.45) is 0. The first-order valence-corrected chi connectivity index (χ1v) is 5.96. The molecule has 0 aliphatic carbocycles. The fraction of sp³-hybridized carbons (Fsp3) is 0.0714. The minimum absolute atomic E-state index is 0.0134. The summed E-state index contributed by atoms with van der Waals surface area (Å²) >= 11 is 5.84. The van der Waals surface area contributed by atoms with Gasteiger partial charge in [-0.05, 0) is 18.2 Å². The Morgan fingerprint density at radius 3 is 2.63 bits per heavy atom. The molecule has 5 heteroatoms. The Kier molecular flexibility index (Phi) is 4.02. The molecule has 3 nitrogen and oxygen atoms in total. The van der Waals surface area contributed by atoms with Crippen molar-refractivity contribution in [2.75, 3.05) is 5.32 Å². The number of nitrogens with one attached hydrogen (secondary N) is 1. The Morgan fingerprint density at radius 2 is 1.95 bits per heavy atom. The van der Waals surface area contributed by atoms with Crippen molar-refractivity contribution in [1.29, 1.82) is 0 Å². The lowest BCUT2D eigenvalue weighted by Crippen LogP contribution is -2.07. The van der Waals surface area contributed by atoms with E-state index in [2.05, 4.69) is 5.32 Å². The van der Waals surface area contributed by atoms with Crippen LogP contribution in [0.3, 0.4) is 0 Å². The van der Waals surface area contributed by atoms with Crippen molar-refractivity contribution in [3.05, 3.63) is 64.4 Å². The highest BCUT2D eigenvalue weighted by molar-refractivity contribution is 6.34. The summed E-state index contributed by atoms with van der Waals surface area (Å²) in [7, 11) is 0. The number of aromatic carboxylic acids is 1. The highest BCUT2D eigenvalue weighted by atomic mass is 35.5. The average Bonchev–Trinajstić information content (AvgIpc) is 2.37. The molecule has 0 radical (unpaired) electrons. The van der Waals surface area contributed by atoms with Gasteiger partial charge in [0.25, 0.3) is 0 Å². The Hall–Kier alpha value is -2.07. The molecule has 19 heavy (non-hydrogen) atoms. The molecule has 2 aromatic rings. The number of hydrogen-bond acceptors (Lipinski definition) is 2. The molecule has 0 aliphatic rings. The smallest absolute Gasteiger partial charge is 0.339 e. The summed E-state index contributed by atoms with van der Waals surface area (Å²) in [4.78, 5) is 11.1. The summed E-state index contributed by atoms with van der Waals surface area (Å²) in [5.74, 6) is -1.46. The van der Waals surface area contributed by atoms with E-state index in [4.69, 9.17) is 16.7 Å². The van der Waals surface area contributed by atoms with Crippen molar-refractivity contribution in [2.45, 2.75) is 6.54 Å². The predicted octanol–water partition coefficient (Wildman–Crippen LogP) is 3.79. The van der Waals surface area contributed by atoms with Gasteiger partial charge in [0.1, 0.15) is 11.4 Å². The highest BCUT2D eigenvalue weighted by Gasteiger charge is 2.14. The van der Waals surface area contributed by atoms with E-state index in [-0.39, 0.29) is 22.9 Å². The van der Waals surface area contributed by atoms with Crippen LogP contribution >= 0.6 is 11.6 Å². The lowest BCUT2D eigenvalue weighted by Gasteiger charge is -2.11. The third kappa shape index (κ3) is 3.03. The molecule has 0 saturated carbocycles. The molecule has 0 aromatic heterocycles. The number of carboxylic acids is 1.